The molecule has 1 fully saturated rings. The molecule has 90 valence electrons. The van der Waals surface area contributed by atoms with E-state index in [4.69, 9.17) is 5.73 Å². The Hall–Kier alpha value is -0.680. The minimum atomic E-state index is 0.222. The summed E-state index contributed by atoms with van der Waals surface area (Å²) >= 11 is 1.47. The third kappa shape index (κ3) is 3.15. The maximum atomic E-state index is 5.58. The number of rotatable bonds is 6. The van der Waals surface area contributed by atoms with E-state index in [1.165, 1.54) is 24.4 Å². The summed E-state index contributed by atoms with van der Waals surface area (Å²) in [6.07, 6.45) is 3.54. The number of nitrogens with one attached hydrogen (secondary N) is 1. The zero-order chi connectivity index (χ0) is 11.6. The van der Waals surface area contributed by atoms with Gasteiger partial charge in [-0.3, -0.25) is 0 Å². The predicted octanol–water partition coefficient (Wildman–Crippen LogP) is 2.20. The minimum Gasteiger partial charge on any atom is -0.360 e. The SMILES string of the molecule is CC(C)(CCN)CNc1nc(C2CC2)ns1. The van der Waals surface area contributed by atoms with Crippen LogP contribution in [0.1, 0.15) is 44.9 Å². The highest BCUT2D eigenvalue weighted by atomic mass is 32.1. The molecule has 1 aliphatic carbocycles. The second-order valence-electron chi connectivity index (χ2n) is 5.29. The van der Waals surface area contributed by atoms with Crippen LogP contribution in [0.2, 0.25) is 0 Å². The Bertz CT molecular complexity index is 344. The monoisotopic (exact) mass is 240 g/mol. The Kier molecular flexibility index (Phi) is 3.44. The molecule has 4 nitrogen and oxygen atoms in total. The van der Waals surface area contributed by atoms with E-state index in [2.05, 4.69) is 28.5 Å². The second-order valence-corrected chi connectivity index (χ2v) is 6.04. The van der Waals surface area contributed by atoms with Crippen molar-refractivity contribution in [2.75, 3.05) is 18.4 Å². The van der Waals surface area contributed by atoms with Gasteiger partial charge in [0.2, 0.25) is 5.13 Å². The van der Waals surface area contributed by atoms with Gasteiger partial charge in [-0.25, -0.2) is 4.98 Å². The summed E-state index contributed by atoms with van der Waals surface area (Å²) < 4.78 is 4.37. The topological polar surface area (TPSA) is 63.8 Å². The van der Waals surface area contributed by atoms with Gasteiger partial charge in [0, 0.05) is 24.0 Å². The second kappa shape index (κ2) is 4.67. The zero-order valence-corrected chi connectivity index (χ0v) is 10.8. The molecule has 0 aromatic carbocycles. The van der Waals surface area contributed by atoms with Crippen LogP contribution in [0.4, 0.5) is 5.13 Å². The van der Waals surface area contributed by atoms with E-state index in [9.17, 15) is 0 Å². The summed E-state index contributed by atoms with van der Waals surface area (Å²) in [6, 6.07) is 0. The van der Waals surface area contributed by atoms with Crippen LogP contribution in [-0.4, -0.2) is 22.4 Å². The first-order valence-electron chi connectivity index (χ1n) is 5.88. The molecule has 0 unspecified atom stereocenters. The van der Waals surface area contributed by atoms with Crippen LogP contribution >= 0.6 is 11.5 Å². The first-order chi connectivity index (χ1) is 7.61. The van der Waals surface area contributed by atoms with Gasteiger partial charge in [0.15, 0.2) is 0 Å². The molecule has 0 amide bonds. The van der Waals surface area contributed by atoms with E-state index < -0.39 is 0 Å². The maximum absolute atomic E-state index is 5.58. The molecule has 0 aliphatic heterocycles. The van der Waals surface area contributed by atoms with E-state index in [1.807, 2.05) is 0 Å². The molecule has 16 heavy (non-hydrogen) atoms. The van der Waals surface area contributed by atoms with Gasteiger partial charge in [-0.1, -0.05) is 13.8 Å². The maximum Gasteiger partial charge on any atom is 0.202 e. The van der Waals surface area contributed by atoms with Crippen LogP contribution in [-0.2, 0) is 0 Å². The smallest absolute Gasteiger partial charge is 0.202 e. The largest absolute Gasteiger partial charge is 0.360 e. The molecule has 0 spiro atoms. The van der Waals surface area contributed by atoms with Gasteiger partial charge in [0.1, 0.15) is 5.82 Å². The van der Waals surface area contributed by atoms with Crippen molar-refractivity contribution in [2.24, 2.45) is 11.1 Å². The molecule has 1 heterocycles. The van der Waals surface area contributed by atoms with Crippen molar-refractivity contribution in [1.29, 1.82) is 0 Å². The Balaban J connectivity index is 1.84. The van der Waals surface area contributed by atoms with Crippen LogP contribution in [0.3, 0.4) is 0 Å². The van der Waals surface area contributed by atoms with Crippen molar-refractivity contribution in [3.63, 3.8) is 0 Å². The fraction of sp³-hybridized carbons (Fsp3) is 0.818. The lowest BCUT2D eigenvalue weighted by molar-refractivity contribution is 0.365. The van der Waals surface area contributed by atoms with Gasteiger partial charge >= 0.3 is 0 Å². The molecule has 0 atom stereocenters. The average Bonchev–Trinajstić information content (AvgIpc) is 2.95. The lowest BCUT2D eigenvalue weighted by Crippen LogP contribution is -2.26. The van der Waals surface area contributed by atoms with Crippen LogP contribution in [0.5, 0.6) is 0 Å². The van der Waals surface area contributed by atoms with Gasteiger partial charge in [-0.2, -0.15) is 4.37 Å². The fourth-order valence-corrected chi connectivity index (χ4v) is 2.25. The molecular formula is C11H20N4S. The van der Waals surface area contributed by atoms with Crippen LogP contribution in [0.25, 0.3) is 0 Å². The van der Waals surface area contributed by atoms with Gasteiger partial charge in [0.05, 0.1) is 0 Å². The van der Waals surface area contributed by atoms with Crippen LogP contribution in [0, 0.1) is 5.41 Å². The van der Waals surface area contributed by atoms with Crippen molar-refractivity contribution in [3.8, 4) is 0 Å². The third-order valence-electron chi connectivity index (χ3n) is 2.92. The summed E-state index contributed by atoms with van der Waals surface area (Å²) in [4.78, 5) is 4.50. The lowest BCUT2D eigenvalue weighted by atomic mass is 9.89. The van der Waals surface area contributed by atoms with E-state index in [0.717, 1.165) is 30.5 Å². The molecule has 5 heteroatoms. The minimum absolute atomic E-state index is 0.222. The Morgan fingerprint density at radius 1 is 1.50 bits per heavy atom. The van der Waals surface area contributed by atoms with E-state index in [1.54, 1.807) is 0 Å². The number of anilines is 1. The van der Waals surface area contributed by atoms with Crippen LogP contribution in [0.15, 0.2) is 0 Å². The van der Waals surface area contributed by atoms with Crippen molar-refractivity contribution in [1.82, 2.24) is 9.36 Å². The van der Waals surface area contributed by atoms with E-state index in [0.29, 0.717) is 5.92 Å². The summed E-state index contributed by atoms with van der Waals surface area (Å²) in [7, 11) is 0. The zero-order valence-electron chi connectivity index (χ0n) is 9.99. The molecule has 0 saturated heterocycles. The fourth-order valence-electron chi connectivity index (χ4n) is 1.61. The number of nitrogens with zero attached hydrogens (tertiary/aromatic N) is 2. The third-order valence-corrected chi connectivity index (χ3v) is 3.61. The molecule has 0 bridgehead atoms. The first kappa shape index (κ1) is 11.8. The Morgan fingerprint density at radius 2 is 2.25 bits per heavy atom. The number of hydrogen-bond acceptors (Lipinski definition) is 5. The first-order valence-corrected chi connectivity index (χ1v) is 6.65. The number of aromatic nitrogens is 2. The number of hydrogen-bond donors (Lipinski definition) is 2. The average molecular weight is 240 g/mol. The Labute approximate surface area is 101 Å². The number of nitrogens with two attached hydrogens (primary N) is 1. The molecule has 1 aromatic rings. The normalized spacial score (nSPS) is 16.4. The van der Waals surface area contributed by atoms with E-state index in [-0.39, 0.29) is 5.41 Å². The predicted molar refractivity (Wildman–Crippen MR) is 67.8 cm³/mol. The summed E-state index contributed by atoms with van der Waals surface area (Å²) in [5.74, 6) is 1.67. The molecule has 3 N–H and O–H groups in total. The quantitative estimate of drug-likeness (QED) is 0.800. The Morgan fingerprint density at radius 3 is 2.88 bits per heavy atom. The van der Waals surface area contributed by atoms with Crippen LogP contribution < -0.4 is 11.1 Å². The highest BCUT2D eigenvalue weighted by molar-refractivity contribution is 7.09. The highest BCUT2D eigenvalue weighted by Crippen LogP contribution is 2.39. The van der Waals surface area contributed by atoms with Crippen molar-refractivity contribution in [3.05, 3.63) is 5.82 Å². The standard InChI is InChI=1S/C11H20N4S/c1-11(2,5-6-12)7-13-10-14-9(15-16-10)8-3-4-8/h8H,3-7,12H2,1-2H3,(H,13,14,15). The van der Waals surface area contributed by atoms with Crippen molar-refractivity contribution >= 4 is 16.7 Å². The van der Waals surface area contributed by atoms with Gasteiger partial charge < -0.3 is 11.1 Å². The molecule has 1 aliphatic rings. The lowest BCUT2D eigenvalue weighted by Gasteiger charge is -2.23. The summed E-state index contributed by atoms with van der Waals surface area (Å²) in [5, 5.41) is 4.31. The molecule has 2 rings (SSSR count). The van der Waals surface area contributed by atoms with Gasteiger partial charge in [0.25, 0.3) is 0 Å². The molecular weight excluding hydrogens is 220 g/mol. The van der Waals surface area contributed by atoms with Crippen molar-refractivity contribution < 1.29 is 0 Å². The molecule has 0 radical (unpaired) electrons. The van der Waals surface area contributed by atoms with Gasteiger partial charge in [-0.15, -0.1) is 0 Å². The highest BCUT2D eigenvalue weighted by Gasteiger charge is 2.28. The van der Waals surface area contributed by atoms with Crippen molar-refractivity contribution in [2.45, 2.75) is 39.0 Å². The molecule has 1 aromatic heterocycles. The van der Waals surface area contributed by atoms with Gasteiger partial charge in [-0.05, 0) is 31.2 Å². The van der Waals surface area contributed by atoms with E-state index >= 15 is 0 Å². The summed E-state index contributed by atoms with van der Waals surface area (Å²) in [6.45, 7) is 6.08. The molecule has 1 saturated carbocycles. The summed E-state index contributed by atoms with van der Waals surface area (Å²) in [5.41, 5.74) is 5.80.